The third kappa shape index (κ3) is 3.14. The number of carbonyl (C=O) groups is 1. The molecule has 1 amide bonds. The number of carbonyl (C=O) groups excluding carboxylic acids is 1. The van der Waals surface area contributed by atoms with E-state index in [4.69, 9.17) is 0 Å². The number of hydrogen-bond donors (Lipinski definition) is 1. The van der Waals surface area contributed by atoms with Crippen molar-refractivity contribution >= 4 is 11.6 Å². The maximum absolute atomic E-state index is 13.0. The first-order valence-corrected chi connectivity index (χ1v) is 9.26. The number of amides is 1. The van der Waals surface area contributed by atoms with E-state index in [9.17, 15) is 9.18 Å². The molecule has 1 N–H and O–H groups in total. The Balaban J connectivity index is 1.32. The predicted molar refractivity (Wildman–Crippen MR) is 92.5 cm³/mol. The fraction of sp³-hybridized carbons (Fsp3) is 0.632. The van der Waals surface area contributed by atoms with Gasteiger partial charge >= 0.3 is 0 Å². The first kappa shape index (κ1) is 15.9. The van der Waals surface area contributed by atoms with Gasteiger partial charge in [-0.2, -0.15) is 0 Å². The first-order chi connectivity index (χ1) is 11.7. The molecule has 4 nitrogen and oxygen atoms in total. The standard InChI is InChI=1S/C19H26FN3O/c20-15-5-7-16(8-6-15)22-9-11-23(12-10-22)19(24)18-13-14-3-1-2-4-17(14)21-18/h5-8,14,17-18,21H,1-4,9-13H2. The maximum atomic E-state index is 13.0. The summed E-state index contributed by atoms with van der Waals surface area (Å²) in [6.45, 7) is 3.14. The molecule has 4 rings (SSSR count). The number of benzene rings is 1. The van der Waals surface area contributed by atoms with Crippen LogP contribution in [0.25, 0.3) is 0 Å². The van der Waals surface area contributed by atoms with Gasteiger partial charge in [-0.05, 0) is 49.4 Å². The van der Waals surface area contributed by atoms with Crippen molar-refractivity contribution in [3.63, 3.8) is 0 Å². The van der Waals surface area contributed by atoms with Crippen molar-refractivity contribution in [1.29, 1.82) is 0 Å². The van der Waals surface area contributed by atoms with Gasteiger partial charge in [-0.15, -0.1) is 0 Å². The van der Waals surface area contributed by atoms with Gasteiger partial charge in [-0.1, -0.05) is 12.8 Å². The lowest BCUT2D eigenvalue weighted by molar-refractivity contribution is -0.133. The highest BCUT2D eigenvalue weighted by Gasteiger charge is 2.40. The monoisotopic (exact) mass is 331 g/mol. The molecular weight excluding hydrogens is 305 g/mol. The van der Waals surface area contributed by atoms with Gasteiger partial charge < -0.3 is 15.1 Å². The van der Waals surface area contributed by atoms with Crippen LogP contribution in [0, 0.1) is 11.7 Å². The van der Waals surface area contributed by atoms with Gasteiger partial charge in [-0.25, -0.2) is 4.39 Å². The summed E-state index contributed by atoms with van der Waals surface area (Å²) in [6.07, 6.45) is 6.14. The average Bonchev–Trinajstić information content (AvgIpc) is 3.06. The highest BCUT2D eigenvalue weighted by Crippen LogP contribution is 2.33. The van der Waals surface area contributed by atoms with Crippen molar-refractivity contribution in [2.24, 2.45) is 5.92 Å². The van der Waals surface area contributed by atoms with Crippen LogP contribution in [0.4, 0.5) is 10.1 Å². The third-order valence-electron chi connectivity index (χ3n) is 5.94. The first-order valence-electron chi connectivity index (χ1n) is 9.26. The van der Waals surface area contributed by atoms with E-state index in [2.05, 4.69) is 10.2 Å². The maximum Gasteiger partial charge on any atom is 0.239 e. The largest absolute Gasteiger partial charge is 0.368 e. The number of nitrogens with zero attached hydrogens (tertiary/aromatic N) is 2. The Kier molecular flexibility index (Phi) is 4.44. The van der Waals surface area contributed by atoms with Crippen molar-refractivity contribution in [3.05, 3.63) is 30.1 Å². The Labute approximate surface area is 143 Å². The van der Waals surface area contributed by atoms with E-state index < -0.39 is 0 Å². The van der Waals surface area contributed by atoms with Gasteiger partial charge in [0.05, 0.1) is 6.04 Å². The molecule has 0 spiro atoms. The fourth-order valence-corrected chi connectivity index (χ4v) is 4.57. The number of anilines is 1. The quantitative estimate of drug-likeness (QED) is 0.904. The molecule has 130 valence electrons. The summed E-state index contributed by atoms with van der Waals surface area (Å²) >= 11 is 0. The highest BCUT2D eigenvalue weighted by atomic mass is 19.1. The molecule has 0 bridgehead atoms. The molecule has 3 fully saturated rings. The van der Waals surface area contributed by atoms with Crippen molar-refractivity contribution < 1.29 is 9.18 Å². The zero-order chi connectivity index (χ0) is 16.5. The number of fused-ring (bicyclic) bond motifs is 1. The Morgan fingerprint density at radius 3 is 2.46 bits per heavy atom. The highest BCUT2D eigenvalue weighted by molar-refractivity contribution is 5.82. The van der Waals surface area contributed by atoms with Crippen LogP contribution in [0.1, 0.15) is 32.1 Å². The SMILES string of the molecule is O=C(C1CC2CCCCC2N1)N1CCN(c2ccc(F)cc2)CC1. The zero-order valence-electron chi connectivity index (χ0n) is 14.1. The molecule has 24 heavy (non-hydrogen) atoms. The summed E-state index contributed by atoms with van der Waals surface area (Å²) < 4.78 is 13.0. The van der Waals surface area contributed by atoms with Gasteiger partial charge in [0.1, 0.15) is 5.82 Å². The van der Waals surface area contributed by atoms with Gasteiger partial charge in [0.25, 0.3) is 0 Å². The molecule has 1 saturated carbocycles. The molecule has 1 aromatic rings. The Hall–Kier alpha value is -1.62. The lowest BCUT2D eigenvalue weighted by Crippen LogP contribution is -2.53. The van der Waals surface area contributed by atoms with E-state index in [-0.39, 0.29) is 17.8 Å². The van der Waals surface area contributed by atoms with Gasteiger partial charge in [0.2, 0.25) is 5.91 Å². The Morgan fingerprint density at radius 2 is 1.75 bits per heavy atom. The second kappa shape index (κ2) is 6.71. The Morgan fingerprint density at radius 1 is 1.04 bits per heavy atom. The van der Waals surface area contributed by atoms with Crippen molar-refractivity contribution in [2.75, 3.05) is 31.1 Å². The molecule has 2 heterocycles. The minimum atomic E-state index is -0.207. The van der Waals surface area contributed by atoms with Gasteiger partial charge in [0, 0.05) is 37.9 Å². The molecule has 2 aliphatic heterocycles. The number of rotatable bonds is 2. The molecular formula is C19H26FN3O. The molecule has 3 unspecified atom stereocenters. The Bertz CT molecular complexity index is 569. The lowest BCUT2D eigenvalue weighted by Gasteiger charge is -2.37. The summed E-state index contributed by atoms with van der Waals surface area (Å²) in [5.41, 5.74) is 1.04. The van der Waals surface area contributed by atoms with Crippen LogP contribution in [0.2, 0.25) is 0 Å². The second-order valence-corrected chi connectivity index (χ2v) is 7.39. The summed E-state index contributed by atoms with van der Waals surface area (Å²) in [4.78, 5) is 17.1. The molecule has 0 radical (unpaired) electrons. The molecule has 1 aliphatic carbocycles. The van der Waals surface area contributed by atoms with E-state index in [0.717, 1.165) is 38.3 Å². The van der Waals surface area contributed by atoms with Crippen LogP contribution in [0.15, 0.2) is 24.3 Å². The lowest BCUT2D eigenvalue weighted by atomic mass is 9.85. The van der Waals surface area contributed by atoms with Gasteiger partial charge in [0.15, 0.2) is 0 Å². The predicted octanol–water partition coefficient (Wildman–Crippen LogP) is 2.40. The number of nitrogens with one attached hydrogen (secondary N) is 1. The molecule has 3 aliphatic rings. The number of piperazine rings is 1. The van der Waals surface area contributed by atoms with E-state index in [1.165, 1.54) is 37.8 Å². The van der Waals surface area contributed by atoms with E-state index in [0.29, 0.717) is 12.0 Å². The van der Waals surface area contributed by atoms with Crippen LogP contribution in [0.3, 0.4) is 0 Å². The summed E-state index contributed by atoms with van der Waals surface area (Å²) in [7, 11) is 0. The van der Waals surface area contributed by atoms with Crippen LogP contribution in [-0.2, 0) is 4.79 Å². The zero-order valence-corrected chi connectivity index (χ0v) is 14.1. The number of hydrogen-bond acceptors (Lipinski definition) is 3. The molecule has 3 atom stereocenters. The summed E-state index contributed by atoms with van der Waals surface area (Å²) in [6, 6.07) is 7.21. The summed E-state index contributed by atoms with van der Waals surface area (Å²) in [5, 5.41) is 3.59. The molecule has 0 aromatic heterocycles. The van der Waals surface area contributed by atoms with E-state index in [1.807, 2.05) is 17.0 Å². The van der Waals surface area contributed by atoms with E-state index in [1.54, 1.807) is 0 Å². The van der Waals surface area contributed by atoms with Crippen molar-refractivity contribution in [2.45, 2.75) is 44.2 Å². The van der Waals surface area contributed by atoms with Crippen LogP contribution < -0.4 is 10.2 Å². The van der Waals surface area contributed by atoms with Crippen molar-refractivity contribution in [1.82, 2.24) is 10.2 Å². The average molecular weight is 331 g/mol. The van der Waals surface area contributed by atoms with Crippen LogP contribution in [0.5, 0.6) is 0 Å². The van der Waals surface area contributed by atoms with Crippen LogP contribution >= 0.6 is 0 Å². The van der Waals surface area contributed by atoms with E-state index >= 15 is 0 Å². The van der Waals surface area contributed by atoms with Gasteiger partial charge in [-0.3, -0.25) is 4.79 Å². The third-order valence-corrected chi connectivity index (χ3v) is 5.94. The fourth-order valence-electron chi connectivity index (χ4n) is 4.57. The molecule has 5 heteroatoms. The molecule has 1 aromatic carbocycles. The number of halogens is 1. The van der Waals surface area contributed by atoms with Crippen LogP contribution in [-0.4, -0.2) is 49.1 Å². The smallest absolute Gasteiger partial charge is 0.239 e. The second-order valence-electron chi connectivity index (χ2n) is 7.39. The minimum absolute atomic E-state index is 0.0236. The molecule has 2 saturated heterocycles. The minimum Gasteiger partial charge on any atom is -0.368 e. The summed E-state index contributed by atoms with van der Waals surface area (Å²) in [5.74, 6) is 0.776. The topological polar surface area (TPSA) is 35.6 Å². The van der Waals surface area contributed by atoms with Crippen molar-refractivity contribution in [3.8, 4) is 0 Å². The normalized spacial score (nSPS) is 30.3.